The number of β-amino-alcohol motifs (C(OH)–C–C–N with tert-alkyl or cyclic N) is 1. The third-order valence-electron chi connectivity index (χ3n) is 6.72. The monoisotopic (exact) mass is 385 g/mol. The molecule has 1 aromatic carbocycles. The van der Waals surface area contributed by atoms with Crippen molar-refractivity contribution in [2.45, 2.75) is 44.8 Å². The van der Waals surface area contributed by atoms with E-state index in [1.165, 1.54) is 31.5 Å². The van der Waals surface area contributed by atoms with Gasteiger partial charge >= 0.3 is 0 Å². The Hall–Kier alpha value is -1.92. The molecule has 1 N–H and O–H groups in total. The molecule has 152 valence electrons. The van der Waals surface area contributed by atoms with Crippen LogP contribution in [-0.2, 0) is 11.3 Å². The number of carbonyl (C=O) groups excluding carboxylic acids is 2. The maximum Gasteiger partial charge on any atom is 0.253 e. The molecule has 1 unspecified atom stereocenters. The number of aliphatic hydroxyl groups is 1. The van der Waals surface area contributed by atoms with Crippen molar-refractivity contribution in [2.75, 3.05) is 39.8 Å². The fourth-order valence-electron chi connectivity index (χ4n) is 5.10. The van der Waals surface area contributed by atoms with Gasteiger partial charge in [-0.25, -0.2) is 0 Å². The fourth-order valence-corrected chi connectivity index (χ4v) is 5.10. The second kappa shape index (κ2) is 7.84. The summed E-state index contributed by atoms with van der Waals surface area (Å²) in [5, 5.41) is 10.1. The van der Waals surface area contributed by atoms with Crippen molar-refractivity contribution in [1.29, 1.82) is 0 Å². The van der Waals surface area contributed by atoms with Crippen LogP contribution in [0.1, 0.15) is 48.0 Å². The van der Waals surface area contributed by atoms with Crippen molar-refractivity contribution in [3.05, 3.63) is 35.4 Å². The van der Waals surface area contributed by atoms with E-state index in [4.69, 9.17) is 0 Å². The first kappa shape index (κ1) is 19.4. The molecule has 6 nitrogen and oxygen atoms in total. The lowest BCUT2D eigenvalue weighted by Gasteiger charge is -2.47. The summed E-state index contributed by atoms with van der Waals surface area (Å²) >= 11 is 0. The van der Waals surface area contributed by atoms with Crippen molar-refractivity contribution in [3.63, 3.8) is 0 Å². The minimum absolute atomic E-state index is 0.0414. The molecule has 6 heteroatoms. The second-order valence-electron chi connectivity index (χ2n) is 8.80. The number of benzene rings is 1. The molecule has 0 saturated carbocycles. The van der Waals surface area contributed by atoms with E-state index in [-0.39, 0.29) is 11.8 Å². The number of hydrogen-bond acceptors (Lipinski definition) is 4. The van der Waals surface area contributed by atoms with E-state index in [1.54, 1.807) is 11.9 Å². The van der Waals surface area contributed by atoms with Crippen LogP contribution in [0.2, 0.25) is 0 Å². The summed E-state index contributed by atoms with van der Waals surface area (Å²) in [5.74, 6) is 0.163. The van der Waals surface area contributed by atoms with Gasteiger partial charge in [0.05, 0.1) is 11.5 Å². The smallest absolute Gasteiger partial charge is 0.253 e. The normalized spacial score (nSPS) is 25.5. The van der Waals surface area contributed by atoms with Crippen molar-refractivity contribution >= 4 is 11.8 Å². The highest BCUT2D eigenvalue weighted by Gasteiger charge is 2.47. The lowest BCUT2D eigenvalue weighted by Crippen LogP contribution is -2.56. The zero-order valence-electron chi connectivity index (χ0n) is 16.8. The molecule has 0 aliphatic carbocycles. The topological polar surface area (TPSA) is 64.1 Å². The number of piperidine rings is 2. The Morgan fingerprint density at radius 2 is 1.75 bits per heavy atom. The van der Waals surface area contributed by atoms with E-state index < -0.39 is 11.5 Å². The minimum atomic E-state index is -0.497. The molecule has 1 spiro atoms. The number of aliphatic hydroxyl groups excluding tert-OH is 1. The van der Waals surface area contributed by atoms with Crippen molar-refractivity contribution in [1.82, 2.24) is 14.7 Å². The molecule has 4 rings (SSSR count). The molecule has 0 radical (unpaired) electrons. The molecule has 2 amide bonds. The standard InChI is InChI=1S/C22H31N3O3/c1-23-16-19(26)14-22(21(23)28)8-12-25(13-9-22)20(27)18-6-4-17(5-7-18)15-24-10-2-3-11-24/h4-7,19,26H,2-3,8-16H2,1H3. The van der Waals surface area contributed by atoms with Crippen molar-refractivity contribution in [2.24, 2.45) is 5.41 Å². The van der Waals surface area contributed by atoms with E-state index in [2.05, 4.69) is 17.0 Å². The number of hydrogen-bond donors (Lipinski definition) is 1. The minimum Gasteiger partial charge on any atom is -0.391 e. The molecule has 3 heterocycles. The number of amides is 2. The van der Waals surface area contributed by atoms with Gasteiger partial charge in [-0.15, -0.1) is 0 Å². The van der Waals surface area contributed by atoms with E-state index >= 15 is 0 Å². The molecular formula is C22H31N3O3. The molecule has 3 aliphatic heterocycles. The first-order chi connectivity index (χ1) is 13.5. The van der Waals surface area contributed by atoms with Crippen molar-refractivity contribution < 1.29 is 14.7 Å². The Bertz CT molecular complexity index is 719. The lowest BCUT2D eigenvalue weighted by atomic mass is 9.71. The number of likely N-dealkylation sites (tertiary alicyclic amines) is 3. The largest absolute Gasteiger partial charge is 0.391 e. The molecular weight excluding hydrogens is 354 g/mol. The lowest BCUT2D eigenvalue weighted by molar-refractivity contribution is -0.154. The number of rotatable bonds is 3. The fraction of sp³-hybridized carbons (Fsp3) is 0.636. The molecule has 0 bridgehead atoms. The third-order valence-corrected chi connectivity index (χ3v) is 6.72. The average molecular weight is 386 g/mol. The molecule has 28 heavy (non-hydrogen) atoms. The zero-order valence-corrected chi connectivity index (χ0v) is 16.8. The Labute approximate surface area is 167 Å². The van der Waals surface area contributed by atoms with Crippen LogP contribution in [0.15, 0.2) is 24.3 Å². The first-order valence-electron chi connectivity index (χ1n) is 10.5. The van der Waals surface area contributed by atoms with Crippen LogP contribution in [0, 0.1) is 5.41 Å². The summed E-state index contributed by atoms with van der Waals surface area (Å²) in [6, 6.07) is 7.99. The summed E-state index contributed by atoms with van der Waals surface area (Å²) in [5.41, 5.74) is 1.47. The van der Waals surface area contributed by atoms with E-state index in [0.717, 1.165) is 6.54 Å². The van der Waals surface area contributed by atoms with E-state index in [9.17, 15) is 14.7 Å². The second-order valence-corrected chi connectivity index (χ2v) is 8.80. The highest BCUT2D eigenvalue weighted by molar-refractivity contribution is 5.94. The van der Waals surface area contributed by atoms with Gasteiger partial charge in [-0.3, -0.25) is 14.5 Å². The average Bonchev–Trinajstić information content (AvgIpc) is 3.20. The van der Waals surface area contributed by atoms with Crippen LogP contribution < -0.4 is 0 Å². The zero-order chi connectivity index (χ0) is 19.7. The number of likely N-dealkylation sites (N-methyl/N-ethyl adjacent to an activating group) is 1. The van der Waals surface area contributed by atoms with Gasteiger partial charge in [0, 0.05) is 38.8 Å². The Morgan fingerprint density at radius 3 is 2.39 bits per heavy atom. The van der Waals surface area contributed by atoms with E-state index in [1.807, 2.05) is 17.0 Å². The Morgan fingerprint density at radius 1 is 1.11 bits per heavy atom. The van der Waals surface area contributed by atoms with Gasteiger partial charge in [0.15, 0.2) is 0 Å². The molecule has 3 aliphatic rings. The van der Waals surface area contributed by atoms with Gasteiger partial charge in [0.1, 0.15) is 0 Å². The van der Waals surface area contributed by atoms with Gasteiger partial charge in [0.25, 0.3) is 5.91 Å². The Kier molecular flexibility index (Phi) is 5.43. The predicted molar refractivity (Wildman–Crippen MR) is 107 cm³/mol. The van der Waals surface area contributed by atoms with Gasteiger partial charge in [-0.05, 0) is 62.9 Å². The van der Waals surface area contributed by atoms with Gasteiger partial charge < -0.3 is 14.9 Å². The quantitative estimate of drug-likeness (QED) is 0.861. The predicted octanol–water partition coefficient (Wildman–Crippen LogP) is 1.73. The Balaban J connectivity index is 1.36. The maximum absolute atomic E-state index is 12.9. The molecule has 1 aromatic rings. The van der Waals surface area contributed by atoms with E-state index in [0.29, 0.717) is 44.5 Å². The van der Waals surface area contributed by atoms with Crippen LogP contribution in [0.3, 0.4) is 0 Å². The highest BCUT2D eigenvalue weighted by Crippen LogP contribution is 2.40. The number of carbonyl (C=O) groups is 2. The van der Waals surface area contributed by atoms with Crippen molar-refractivity contribution in [3.8, 4) is 0 Å². The van der Waals surface area contributed by atoms with Crippen LogP contribution in [0.25, 0.3) is 0 Å². The van der Waals surface area contributed by atoms with Crippen LogP contribution in [-0.4, -0.2) is 77.5 Å². The number of nitrogens with zero attached hydrogens (tertiary/aromatic N) is 3. The first-order valence-corrected chi connectivity index (χ1v) is 10.5. The molecule has 1 atom stereocenters. The molecule has 0 aromatic heterocycles. The maximum atomic E-state index is 12.9. The van der Waals surface area contributed by atoms with Gasteiger partial charge in [-0.1, -0.05) is 12.1 Å². The summed E-state index contributed by atoms with van der Waals surface area (Å²) in [7, 11) is 1.76. The van der Waals surface area contributed by atoms with Crippen LogP contribution in [0.4, 0.5) is 0 Å². The molecule has 3 saturated heterocycles. The van der Waals surface area contributed by atoms with Gasteiger partial charge in [-0.2, -0.15) is 0 Å². The molecule has 3 fully saturated rings. The third kappa shape index (κ3) is 3.80. The SMILES string of the molecule is CN1CC(O)CC2(CCN(C(=O)c3ccc(CN4CCCC4)cc3)CC2)C1=O. The highest BCUT2D eigenvalue weighted by atomic mass is 16.3. The summed E-state index contributed by atoms with van der Waals surface area (Å²) < 4.78 is 0. The summed E-state index contributed by atoms with van der Waals surface area (Å²) in [6.45, 7) is 4.84. The van der Waals surface area contributed by atoms with Gasteiger partial charge in [0.2, 0.25) is 5.91 Å². The van der Waals surface area contributed by atoms with Crippen LogP contribution in [0.5, 0.6) is 0 Å². The van der Waals surface area contributed by atoms with Crippen LogP contribution >= 0.6 is 0 Å². The summed E-state index contributed by atoms with van der Waals surface area (Å²) in [4.78, 5) is 31.5. The summed E-state index contributed by atoms with van der Waals surface area (Å²) in [6.07, 6.45) is 3.87.